The minimum absolute atomic E-state index is 0.0282. The summed E-state index contributed by atoms with van der Waals surface area (Å²) in [5.74, 6) is 0.650. The van der Waals surface area contributed by atoms with Gasteiger partial charge in [-0.25, -0.2) is 0 Å². The second-order valence-electron chi connectivity index (χ2n) is 6.29. The van der Waals surface area contributed by atoms with Gasteiger partial charge in [0.05, 0.1) is 0 Å². The molecule has 4 heteroatoms. The summed E-state index contributed by atoms with van der Waals surface area (Å²) in [6.07, 6.45) is 2.85. The lowest BCUT2D eigenvalue weighted by molar-refractivity contribution is -0.122. The molecule has 0 bridgehead atoms. The van der Waals surface area contributed by atoms with Crippen molar-refractivity contribution in [2.75, 3.05) is 25.2 Å². The van der Waals surface area contributed by atoms with Gasteiger partial charge in [0.2, 0.25) is 0 Å². The smallest absolute Gasteiger partial charge is 0.252 e. The van der Waals surface area contributed by atoms with Gasteiger partial charge in [-0.3, -0.25) is 4.79 Å². The van der Waals surface area contributed by atoms with Crippen LogP contribution in [0.3, 0.4) is 0 Å². The Morgan fingerprint density at radius 1 is 1.43 bits per heavy atom. The fourth-order valence-corrected chi connectivity index (χ4v) is 3.03. The maximum Gasteiger partial charge on any atom is 0.252 e. The van der Waals surface area contributed by atoms with Gasteiger partial charge in [-0.1, -0.05) is 26.0 Å². The van der Waals surface area contributed by atoms with E-state index >= 15 is 0 Å². The molecule has 1 aromatic rings. The number of carbonyl (C=O) groups is 1. The molecule has 0 fully saturated rings. The number of fused-ring (bicyclic) bond motifs is 1. The minimum atomic E-state index is 0.0282. The molecular weight excluding hydrogens is 264 g/mol. The molecule has 1 aromatic carbocycles. The normalized spacial score (nSPS) is 15.4. The first-order valence-electron chi connectivity index (χ1n) is 7.68. The molecule has 0 spiro atoms. The molecule has 2 N–H and O–H groups in total. The van der Waals surface area contributed by atoms with Gasteiger partial charge >= 0.3 is 0 Å². The summed E-state index contributed by atoms with van der Waals surface area (Å²) in [6.45, 7) is 5.28. The zero-order chi connectivity index (χ0) is 15.4. The lowest BCUT2D eigenvalue weighted by atomic mass is 9.96. The average Bonchev–Trinajstić information content (AvgIpc) is 2.80. The van der Waals surface area contributed by atoms with Crippen LogP contribution in [0.5, 0.6) is 0 Å². The predicted molar refractivity (Wildman–Crippen MR) is 85.5 cm³/mol. The van der Waals surface area contributed by atoms with Gasteiger partial charge in [-0.15, -0.1) is 0 Å². The molecule has 0 aromatic heterocycles. The van der Waals surface area contributed by atoms with E-state index in [0.29, 0.717) is 5.92 Å². The van der Waals surface area contributed by atoms with Crippen LogP contribution < -0.4 is 10.6 Å². The quantitative estimate of drug-likeness (QED) is 0.873. The summed E-state index contributed by atoms with van der Waals surface area (Å²) >= 11 is 0. The first-order valence-corrected chi connectivity index (χ1v) is 7.68. The molecule has 0 radical (unpaired) electrons. The number of benzene rings is 1. The summed E-state index contributed by atoms with van der Waals surface area (Å²) in [4.78, 5) is 13.8. The van der Waals surface area contributed by atoms with E-state index in [1.165, 1.54) is 11.1 Å². The molecule has 0 saturated carbocycles. The molecule has 21 heavy (non-hydrogen) atoms. The van der Waals surface area contributed by atoms with Crippen LogP contribution in [-0.4, -0.2) is 32.2 Å². The molecule has 0 aliphatic carbocycles. The highest BCUT2D eigenvalue weighted by molar-refractivity contribution is 5.96. The maximum absolute atomic E-state index is 12.0. The Bertz CT molecular complexity index is 500. The van der Waals surface area contributed by atoms with Crippen LogP contribution in [0.1, 0.15) is 31.4 Å². The number of nitrogens with two attached hydrogens (primary N) is 1. The highest BCUT2D eigenvalue weighted by Crippen LogP contribution is 2.29. The van der Waals surface area contributed by atoms with Gasteiger partial charge in [0.1, 0.15) is 6.61 Å². The van der Waals surface area contributed by atoms with Crippen LogP contribution in [0.4, 0.5) is 5.69 Å². The van der Waals surface area contributed by atoms with Crippen molar-refractivity contribution in [1.82, 2.24) is 0 Å². The average molecular weight is 290 g/mol. The van der Waals surface area contributed by atoms with Crippen LogP contribution in [-0.2, 0) is 22.4 Å². The molecule has 0 saturated heterocycles. The number of amides is 1. The van der Waals surface area contributed by atoms with Crippen LogP contribution in [0.15, 0.2) is 18.2 Å². The van der Waals surface area contributed by atoms with Crippen molar-refractivity contribution in [2.24, 2.45) is 11.7 Å². The largest absolute Gasteiger partial charge is 0.375 e. The van der Waals surface area contributed by atoms with Crippen LogP contribution in [0.2, 0.25) is 0 Å². The Morgan fingerprint density at radius 3 is 2.86 bits per heavy atom. The van der Waals surface area contributed by atoms with Crippen molar-refractivity contribution in [3.8, 4) is 0 Å². The van der Waals surface area contributed by atoms with Gasteiger partial charge < -0.3 is 15.4 Å². The Balaban J connectivity index is 2.06. The molecule has 1 aliphatic heterocycles. The molecule has 1 aliphatic rings. The molecular formula is C17H26N2O2. The van der Waals surface area contributed by atoms with Gasteiger partial charge in [0, 0.05) is 25.4 Å². The third-order valence-corrected chi connectivity index (χ3v) is 3.88. The fraction of sp³-hybridized carbons (Fsp3) is 0.588. The first kappa shape index (κ1) is 16.0. The van der Waals surface area contributed by atoms with E-state index in [4.69, 9.17) is 10.5 Å². The van der Waals surface area contributed by atoms with Gasteiger partial charge in [-0.2, -0.15) is 0 Å². The van der Waals surface area contributed by atoms with Crippen molar-refractivity contribution in [1.29, 1.82) is 0 Å². The van der Waals surface area contributed by atoms with Crippen molar-refractivity contribution in [2.45, 2.75) is 39.2 Å². The highest BCUT2D eigenvalue weighted by Gasteiger charge is 2.24. The maximum atomic E-state index is 12.0. The topological polar surface area (TPSA) is 55.6 Å². The molecule has 4 nitrogen and oxygen atoms in total. The standard InChI is InChI=1S/C17H26N2O2/c1-12(2)8-15(18)10-13-4-5-16-14(9-13)6-7-19(16)17(20)11-21-3/h4-5,9,12,15H,6-8,10-11,18H2,1-3H3. The SMILES string of the molecule is COCC(=O)N1CCc2cc(CC(N)CC(C)C)ccc21. The van der Waals surface area contributed by atoms with Gasteiger partial charge in [0.15, 0.2) is 0 Å². The lowest BCUT2D eigenvalue weighted by Crippen LogP contribution is -2.32. The molecule has 1 atom stereocenters. The Morgan fingerprint density at radius 2 is 2.19 bits per heavy atom. The molecule has 116 valence electrons. The van der Waals surface area contributed by atoms with Crippen molar-refractivity contribution in [3.05, 3.63) is 29.3 Å². The second kappa shape index (κ2) is 7.05. The van der Waals surface area contributed by atoms with Crippen molar-refractivity contribution in [3.63, 3.8) is 0 Å². The van der Waals surface area contributed by atoms with E-state index in [0.717, 1.165) is 31.5 Å². The van der Waals surface area contributed by atoms with E-state index in [1.807, 2.05) is 11.0 Å². The van der Waals surface area contributed by atoms with Crippen molar-refractivity contribution >= 4 is 11.6 Å². The monoisotopic (exact) mass is 290 g/mol. The van der Waals surface area contributed by atoms with Crippen LogP contribution in [0, 0.1) is 5.92 Å². The number of rotatable bonds is 6. The third-order valence-electron chi connectivity index (χ3n) is 3.88. The summed E-state index contributed by atoms with van der Waals surface area (Å²) in [5.41, 5.74) is 9.72. The summed E-state index contributed by atoms with van der Waals surface area (Å²) in [7, 11) is 1.55. The second-order valence-corrected chi connectivity index (χ2v) is 6.29. The van der Waals surface area contributed by atoms with E-state index in [1.54, 1.807) is 7.11 Å². The van der Waals surface area contributed by atoms with E-state index in [-0.39, 0.29) is 18.6 Å². The molecule has 1 amide bonds. The Kier molecular flexibility index (Phi) is 5.37. The van der Waals surface area contributed by atoms with E-state index < -0.39 is 0 Å². The summed E-state index contributed by atoms with van der Waals surface area (Å²) < 4.78 is 4.94. The number of carbonyl (C=O) groups excluding carboxylic acids is 1. The van der Waals surface area contributed by atoms with Crippen LogP contribution >= 0.6 is 0 Å². The summed E-state index contributed by atoms with van der Waals surface area (Å²) in [6, 6.07) is 6.55. The first-order chi connectivity index (χ1) is 10.0. The third kappa shape index (κ3) is 4.05. The summed E-state index contributed by atoms with van der Waals surface area (Å²) in [5, 5.41) is 0. The molecule has 1 heterocycles. The molecule has 2 rings (SSSR count). The number of methoxy groups -OCH3 is 1. The minimum Gasteiger partial charge on any atom is -0.375 e. The fourth-order valence-electron chi connectivity index (χ4n) is 3.03. The predicted octanol–water partition coefficient (Wildman–Crippen LogP) is 2.14. The van der Waals surface area contributed by atoms with Crippen molar-refractivity contribution < 1.29 is 9.53 Å². The Labute approximate surface area is 127 Å². The highest BCUT2D eigenvalue weighted by atomic mass is 16.5. The molecule has 1 unspecified atom stereocenters. The zero-order valence-corrected chi connectivity index (χ0v) is 13.3. The number of hydrogen-bond acceptors (Lipinski definition) is 3. The van der Waals surface area contributed by atoms with Crippen LogP contribution in [0.25, 0.3) is 0 Å². The van der Waals surface area contributed by atoms with Gasteiger partial charge in [0.25, 0.3) is 5.91 Å². The van der Waals surface area contributed by atoms with E-state index in [2.05, 4.69) is 26.0 Å². The number of anilines is 1. The lowest BCUT2D eigenvalue weighted by Gasteiger charge is -2.18. The zero-order valence-electron chi connectivity index (χ0n) is 13.3. The number of nitrogens with zero attached hydrogens (tertiary/aromatic N) is 1. The number of hydrogen-bond donors (Lipinski definition) is 1. The Hall–Kier alpha value is -1.39. The van der Waals surface area contributed by atoms with E-state index in [9.17, 15) is 4.79 Å². The number of ether oxygens (including phenoxy) is 1. The van der Waals surface area contributed by atoms with Gasteiger partial charge in [-0.05, 0) is 42.4 Å².